The standard InChI is InChI=1S/C20H25N3O3/c1-3-21-20(22-12-15-8-6-10-18(25-2)19(15)24)23-13-16-11-14-7-4-5-9-17(14)26-16/h4-10,16,24H,3,11-13H2,1-2H3,(H2,21,22,23). The van der Waals surface area contributed by atoms with Gasteiger partial charge in [-0.2, -0.15) is 0 Å². The highest BCUT2D eigenvalue weighted by atomic mass is 16.5. The van der Waals surface area contributed by atoms with E-state index in [1.165, 1.54) is 12.7 Å². The average Bonchev–Trinajstić information content (AvgIpc) is 3.08. The van der Waals surface area contributed by atoms with Crippen LogP contribution in [0.4, 0.5) is 0 Å². The second kappa shape index (κ2) is 8.47. The molecule has 0 saturated heterocycles. The molecule has 0 saturated carbocycles. The van der Waals surface area contributed by atoms with Crippen LogP contribution in [0, 0.1) is 0 Å². The highest BCUT2D eigenvalue weighted by molar-refractivity contribution is 5.79. The van der Waals surface area contributed by atoms with E-state index in [2.05, 4.69) is 21.7 Å². The number of methoxy groups -OCH3 is 1. The zero-order chi connectivity index (χ0) is 18.4. The molecule has 26 heavy (non-hydrogen) atoms. The number of nitrogens with zero attached hydrogens (tertiary/aromatic N) is 1. The number of fused-ring (bicyclic) bond motifs is 1. The van der Waals surface area contributed by atoms with Crippen LogP contribution < -0.4 is 20.1 Å². The molecular formula is C20H25N3O3. The Labute approximate surface area is 153 Å². The molecule has 2 aromatic rings. The van der Waals surface area contributed by atoms with E-state index in [4.69, 9.17) is 9.47 Å². The maximum Gasteiger partial charge on any atom is 0.191 e. The molecule has 0 aromatic heterocycles. The van der Waals surface area contributed by atoms with Crippen molar-refractivity contribution in [2.24, 2.45) is 4.99 Å². The lowest BCUT2D eigenvalue weighted by Gasteiger charge is -2.15. The number of rotatable bonds is 6. The Morgan fingerprint density at radius 1 is 1.23 bits per heavy atom. The van der Waals surface area contributed by atoms with Gasteiger partial charge in [-0.15, -0.1) is 0 Å². The number of ether oxygens (including phenoxy) is 2. The van der Waals surface area contributed by atoms with Gasteiger partial charge in [0.15, 0.2) is 17.5 Å². The van der Waals surface area contributed by atoms with Gasteiger partial charge in [0.1, 0.15) is 11.9 Å². The first-order valence-corrected chi connectivity index (χ1v) is 8.82. The van der Waals surface area contributed by atoms with Crippen molar-refractivity contribution < 1.29 is 14.6 Å². The highest BCUT2D eigenvalue weighted by Crippen LogP contribution is 2.30. The summed E-state index contributed by atoms with van der Waals surface area (Å²) in [4.78, 5) is 4.55. The molecule has 0 amide bonds. The Bertz CT molecular complexity index is 752. The van der Waals surface area contributed by atoms with E-state index in [9.17, 15) is 5.11 Å². The van der Waals surface area contributed by atoms with Crippen molar-refractivity contribution >= 4 is 5.96 Å². The molecule has 3 N–H and O–H groups in total. The van der Waals surface area contributed by atoms with Crippen molar-refractivity contribution in [1.82, 2.24) is 10.6 Å². The SMILES string of the molecule is CCNC(=NCc1cccc(OC)c1O)NCC1Cc2ccccc2O1. The molecule has 3 rings (SSSR count). The minimum Gasteiger partial charge on any atom is -0.504 e. The lowest BCUT2D eigenvalue weighted by Crippen LogP contribution is -2.42. The Morgan fingerprint density at radius 2 is 2.08 bits per heavy atom. The summed E-state index contributed by atoms with van der Waals surface area (Å²) in [6.07, 6.45) is 0.973. The Kier molecular flexibility index (Phi) is 5.84. The second-order valence-electron chi connectivity index (χ2n) is 6.10. The first-order valence-electron chi connectivity index (χ1n) is 8.82. The number of guanidine groups is 1. The van der Waals surface area contributed by atoms with Crippen molar-refractivity contribution in [3.8, 4) is 17.2 Å². The summed E-state index contributed by atoms with van der Waals surface area (Å²) < 4.78 is 11.1. The molecule has 1 aliphatic rings. The number of hydrogen-bond donors (Lipinski definition) is 3. The van der Waals surface area contributed by atoms with Crippen LogP contribution in [0.1, 0.15) is 18.1 Å². The molecule has 138 valence electrons. The van der Waals surface area contributed by atoms with Crippen LogP contribution in [0.3, 0.4) is 0 Å². The molecule has 1 aliphatic heterocycles. The van der Waals surface area contributed by atoms with Gasteiger partial charge >= 0.3 is 0 Å². The third-order valence-corrected chi connectivity index (χ3v) is 4.27. The quantitative estimate of drug-likeness (QED) is 0.548. The van der Waals surface area contributed by atoms with Gasteiger partial charge in [0.05, 0.1) is 20.2 Å². The van der Waals surface area contributed by atoms with Gasteiger partial charge in [0.2, 0.25) is 0 Å². The number of para-hydroxylation sites is 2. The minimum atomic E-state index is 0.0847. The first-order chi connectivity index (χ1) is 12.7. The summed E-state index contributed by atoms with van der Waals surface area (Å²) in [6.45, 7) is 3.78. The summed E-state index contributed by atoms with van der Waals surface area (Å²) in [6, 6.07) is 13.5. The highest BCUT2D eigenvalue weighted by Gasteiger charge is 2.22. The van der Waals surface area contributed by atoms with Crippen molar-refractivity contribution in [2.75, 3.05) is 20.2 Å². The molecule has 1 heterocycles. The largest absolute Gasteiger partial charge is 0.504 e. The van der Waals surface area contributed by atoms with Crippen molar-refractivity contribution in [3.05, 3.63) is 53.6 Å². The van der Waals surface area contributed by atoms with Gasteiger partial charge < -0.3 is 25.2 Å². The summed E-state index contributed by atoms with van der Waals surface area (Å²) >= 11 is 0. The van der Waals surface area contributed by atoms with E-state index >= 15 is 0 Å². The number of aromatic hydroxyl groups is 1. The number of phenols is 1. The van der Waals surface area contributed by atoms with Crippen LogP contribution in [-0.2, 0) is 13.0 Å². The number of phenolic OH excluding ortho intramolecular Hbond substituents is 1. The Hall–Kier alpha value is -2.89. The van der Waals surface area contributed by atoms with Crippen LogP contribution >= 0.6 is 0 Å². The van der Waals surface area contributed by atoms with Gasteiger partial charge in [-0.1, -0.05) is 30.3 Å². The predicted octanol–water partition coefficient (Wildman–Crippen LogP) is 2.46. The van der Waals surface area contributed by atoms with Crippen LogP contribution in [0.15, 0.2) is 47.5 Å². The van der Waals surface area contributed by atoms with E-state index < -0.39 is 0 Å². The fourth-order valence-electron chi connectivity index (χ4n) is 2.94. The summed E-state index contributed by atoms with van der Waals surface area (Å²) in [5.74, 6) is 2.23. The lowest BCUT2D eigenvalue weighted by molar-refractivity contribution is 0.235. The predicted molar refractivity (Wildman–Crippen MR) is 102 cm³/mol. The Morgan fingerprint density at radius 3 is 2.85 bits per heavy atom. The second-order valence-corrected chi connectivity index (χ2v) is 6.10. The van der Waals surface area contributed by atoms with Crippen LogP contribution in [0.2, 0.25) is 0 Å². The Balaban J connectivity index is 1.60. The van der Waals surface area contributed by atoms with Gasteiger partial charge in [-0.3, -0.25) is 0 Å². The van der Waals surface area contributed by atoms with Gasteiger partial charge in [0, 0.05) is 18.5 Å². The van der Waals surface area contributed by atoms with Gasteiger partial charge in [0.25, 0.3) is 0 Å². The smallest absolute Gasteiger partial charge is 0.191 e. The van der Waals surface area contributed by atoms with Gasteiger partial charge in [-0.25, -0.2) is 4.99 Å². The third kappa shape index (κ3) is 4.20. The van der Waals surface area contributed by atoms with E-state index in [1.807, 2.05) is 37.3 Å². The number of hydrogen-bond acceptors (Lipinski definition) is 4. The molecule has 2 aromatic carbocycles. The minimum absolute atomic E-state index is 0.0847. The normalized spacial score (nSPS) is 15.9. The lowest BCUT2D eigenvalue weighted by atomic mass is 10.1. The molecule has 0 fully saturated rings. The summed E-state index contributed by atoms with van der Waals surface area (Å²) in [5, 5.41) is 16.7. The van der Waals surface area contributed by atoms with E-state index in [1.54, 1.807) is 6.07 Å². The molecule has 0 radical (unpaired) electrons. The van der Waals surface area contributed by atoms with E-state index in [0.717, 1.165) is 18.7 Å². The van der Waals surface area contributed by atoms with Crippen molar-refractivity contribution in [1.29, 1.82) is 0 Å². The number of nitrogens with one attached hydrogen (secondary N) is 2. The fourth-order valence-corrected chi connectivity index (χ4v) is 2.94. The van der Waals surface area contributed by atoms with E-state index in [-0.39, 0.29) is 11.9 Å². The first kappa shape index (κ1) is 17.9. The molecule has 0 aliphatic carbocycles. The number of aliphatic imine (C=N–C) groups is 1. The monoisotopic (exact) mass is 355 g/mol. The van der Waals surface area contributed by atoms with Crippen LogP contribution in [0.25, 0.3) is 0 Å². The maximum atomic E-state index is 10.2. The summed E-state index contributed by atoms with van der Waals surface area (Å²) in [5.41, 5.74) is 1.95. The molecular weight excluding hydrogens is 330 g/mol. The topological polar surface area (TPSA) is 75.1 Å². The fraction of sp³-hybridized carbons (Fsp3) is 0.350. The molecule has 0 bridgehead atoms. The number of benzene rings is 2. The van der Waals surface area contributed by atoms with Crippen LogP contribution in [0.5, 0.6) is 17.2 Å². The third-order valence-electron chi connectivity index (χ3n) is 4.27. The van der Waals surface area contributed by atoms with Crippen molar-refractivity contribution in [2.45, 2.75) is 26.0 Å². The zero-order valence-electron chi connectivity index (χ0n) is 15.2. The molecule has 1 atom stereocenters. The maximum absolute atomic E-state index is 10.2. The molecule has 0 spiro atoms. The van der Waals surface area contributed by atoms with Gasteiger partial charge in [-0.05, 0) is 24.6 Å². The van der Waals surface area contributed by atoms with E-state index in [0.29, 0.717) is 30.4 Å². The molecule has 1 unspecified atom stereocenters. The molecule has 6 nitrogen and oxygen atoms in total. The average molecular weight is 355 g/mol. The van der Waals surface area contributed by atoms with Crippen LogP contribution in [-0.4, -0.2) is 37.4 Å². The summed E-state index contributed by atoms with van der Waals surface area (Å²) in [7, 11) is 1.54. The van der Waals surface area contributed by atoms with Crippen molar-refractivity contribution in [3.63, 3.8) is 0 Å². The molecule has 6 heteroatoms. The zero-order valence-corrected chi connectivity index (χ0v) is 15.2.